The molecular formula is C16H15F3N4. The third-order valence-corrected chi connectivity index (χ3v) is 3.58. The molecule has 1 N–H and O–H groups in total. The van der Waals surface area contributed by atoms with Gasteiger partial charge in [0.1, 0.15) is 11.7 Å². The van der Waals surface area contributed by atoms with Crippen LogP contribution in [0.1, 0.15) is 25.1 Å². The summed E-state index contributed by atoms with van der Waals surface area (Å²) in [7, 11) is 0. The Labute approximate surface area is 130 Å². The molecule has 0 bridgehead atoms. The van der Waals surface area contributed by atoms with Crippen molar-refractivity contribution in [3.05, 3.63) is 54.1 Å². The number of alkyl halides is 3. The van der Waals surface area contributed by atoms with Crippen LogP contribution in [0.15, 0.2) is 48.5 Å². The van der Waals surface area contributed by atoms with E-state index in [-0.39, 0.29) is 6.17 Å². The molecule has 1 aromatic heterocycles. The molecule has 0 amide bonds. The first-order valence-corrected chi connectivity index (χ1v) is 7.23. The second kappa shape index (κ2) is 5.91. The molecule has 0 aliphatic carbocycles. The van der Waals surface area contributed by atoms with Crippen LogP contribution in [-0.2, 0) is 6.18 Å². The average Bonchev–Trinajstić information content (AvgIpc) is 2.96. The lowest BCUT2D eigenvalue weighted by atomic mass is 10.2. The summed E-state index contributed by atoms with van der Waals surface area (Å²) in [6, 6.07) is 12.6. The Kier molecular flexibility index (Phi) is 3.94. The quantitative estimate of drug-likeness (QED) is 0.771. The zero-order chi connectivity index (χ0) is 16.4. The number of hydrogen-bond acceptors (Lipinski definition) is 3. The van der Waals surface area contributed by atoms with E-state index < -0.39 is 11.7 Å². The number of fused-ring (bicyclic) bond motifs is 1. The lowest BCUT2D eigenvalue weighted by Crippen LogP contribution is -2.19. The molecule has 0 spiro atoms. The molecule has 0 aliphatic rings. The van der Waals surface area contributed by atoms with Crippen LogP contribution in [0.25, 0.3) is 11.0 Å². The molecule has 1 heterocycles. The molecular weight excluding hydrogens is 305 g/mol. The smallest absolute Gasteiger partial charge is 0.364 e. The fourth-order valence-corrected chi connectivity index (χ4v) is 2.43. The van der Waals surface area contributed by atoms with Crippen molar-refractivity contribution in [2.75, 3.05) is 5.32 Å². The molecule has 0 saturated carbocycles. The summed E-state index contributed by atoms with van der Waals surface area (Å²) in [5.74, 6) is 0. The van der Waals surface area contributed by atoms with Gasteiger partial charge in [0.2, 0.25) is 0 Å². The van der Waals surface area contributed by atoms with Gasteiger partial charge in [-0.2, -0.15) is 13.2 Å². The summed E-state index contributed by atoms with van der Waals surface area (Å²) < 4.78 is 40.1. The fraction of sp³-hybridized carbons (Fsp3) is 0.250. The van der Waals surface area contributed by atoms with Crippen molar-refractivity contribution < 1.29 is 13.2 Å². The molecule has 120 valence electrons. The molecule has 1 atom stereocenters. The first kappa shape index (κ1) is 15.3. The molecule has 0 fully saturated rings. The van der Waals surface area contributed by atoms with Crippen LogP contribution in [0.5, 0.6) is 0 Å². The van der Waals surface area contributed by atoms with Crippen molar-refractivity contribution in [1.82, 2.24) is 15.0 Å². The lowest BCUT2D eigenvalue weighted by Gasteiger charge is -2.19. The van der Waals surface area contributed by atoms with Crippen LogP contribution in [0.4, 0.5) is 18.9 Å². The molecule has 1 unspecified atom stereocenters. The van der Waals surface area contributed by atoms with Crippen molar-refractivity contribution in [3.63, 3.8) is 0 Å². The van der Waals surface area contributed by atoms with Crippen LogP contribution in [0, 0.1) is 0 Å². The van der Waals surface area contributed by atoms with Gasteiger partial charge in [0.15, 0.2) is 0 Å². The Bertz CT molecular complexity index is 810. The number of nitrogens with one attached hydrogen (secondary N) is 1. The van der Waals surface area contributed by atoms with Gasteiger partial charge in [-0.25, -0.2) is 4.68 Å². The van der Waals surface area contributed by atoms with Crippen molar-refractivity contribution in [2.45, 2.75) is 25.7 Å². The maximum atomic E-state index is 12.8. The number of para-hydroxylation sites is 1. The van der Waals surface area contributed by atoms with Gasteiger partial charge in [0, 0.05) is 5.69 Å². The van der Waals surface area contributed by atoms with Crippen molar-refractivity contribution in [2.24, 2.45) is 0 Å². The number of benzene rings is 2. The van der Waals surface area contributed by atoms with Crippen LogP contribution in [-0.4, -0.2) is 15.0 Å². The topological polar surface area (TPSA) is 42.7 Å². The van der Waals surface area contributed by atoms with Gasteiger partial charge < -0.3 is 5.32 Å². The van der Waals surface area contributed by atoms with Gasteiger partial charge in [-0.1, -0.05) is 30.3 Å². The highest BCUT2D eigenvalue weighted by atomic mass is 19.4. The van der Waals surface area contributed by atoms with E-state index in [0.29, 0.717) is 12.1 Å². The van der Waals surface area contributed by atoms with E-state index in [9.17, 15) is 13.2 Å². The summed E-state index contributed by atoms with van der Waals surface area (Å²) in [6.07, 6.45) is -4.01. The minimum absolute atomic E-state index is 0.286. The van der Waals surface area contributed by atoms with Gasteiger partial charge >= 0.3 is 6.18 Å². The Morgan fingerprint density at radius 2 is 1.91 bits per heavy atom. The van der Waals surface area contributed by atoms with E-state index in [1.165, 1.54) is 6.07 Å². The van der Waals surface area contributed by atoms with E-state index in [1.807, 2.05) is 31.2 Å². The molecule has 0 aliphatic heterocycles. The lowest BCUT2D eigenvalue weighted by molar-refractivity contribution is -0.137. The van der Waals surface area contributed by atoms with Gasteiger partial charge in [0.05, 0.1) is 11.1 Å². The van der Waals surface area contributed by atoms with Gasteiger partial charge in [-0.05, 0) is 36.8 Å². The fourth-order valence-electron chi connectivity index (χ4n) is 2.43. The molecule has 3 aromatic rings. The molecule has 0 radical (unpaired) electrons. The van der Waals surface area contributed by atoms with Crippen LogP contribution in [0.3, 0.4) is 0 Å². The minimum atomic E-state index is -4.36. The highest BCUT2D eigenvalue weighted by molar-refractivity contribution is 5.74. The van der Waals surface area contributed by atoms with Crippen LogP contribution >= 0.6 is 0 Å². The Balaban J connectivity index is 1.91. The van der Waals surface area contributed by atoms with E-state index in [0.717, 1.165) is 23.2 Å². The molecule has 7 heteroatoms. The molecule has 23 heavy (non-hydrogen) atoms. The Hall–Kier alpha value is -2.57. The summed E-state index contributed by atoms with van der Waals surface area (Å²) in [5, 5.41) is 11.3. The Morgan fingerprint density at radius 3 is 2.65 bits per heavy atom. The van der Waals surface area contributed by atoms with Crippen LogP contribution < -0.4 is 5.32 Å². The monoisotopic (exact) mass is 320 g/mol. The van der Waals surface area contributed by atoms with E-state index >= 15 is 0 Å². The highest BCUT2D eigenvalue weighted by Gasteiger charge is 2.30. The van der Waals surface area contributed by atoms with Crippen molar-refractivity contribution in [3.8, 4) is 0 Å². The molecule has 3 rings (SSSR count). The largest absolute Gasteiger partial charge is 0.416 e. The maximum Gasteiger partial charge on any atom is 0.416 e. The first-order valence-electron chi connectivity index (χ1n) is 7.23. The molecule has 0 saturated heterocycles. The van der Waals surface area contributed by atoms with E-state index in [4.69, 9.17) is 0 Å². The number of rotatable bonds is 4. The zero-order valence-corrected chi connectivity index (χ0v) is 12.4. The summed E-state index contributed by atoms with van der Waals surface area (Å²) in [4.78, 5) is 0. The van der Waals surface area contributed by atoms with Gasteiger partial charge in [-0.15, -0.1) is 5.10 Å². The van der Waals surface area contributed by atoms with E-state index in [2.05, 4.69) is 15.6 Å². The van der Waals surface area contributed by atoms with Gasteiger partial charge in [0.25, 0.3) is 0 Å². The second-order valence-electron chi connectivity index (χ2n) is 5.17. The predicted octanol–water partition coefficient (Wildman–Crippen LogP) is 4.47. The molecule has 2 aromatic carbocycles. The first-order chi connectivity index (χ1) is 11.0. The molecule has 4 nitrogen and oxygen atoms in total. The normalized spacial score (nSPS) is 13.2. The SMILES string of the molecule is CCC(Nc1cccc(C(F)(F)F)c1)n1nnc2ccccc21. The number of halogens is 3. The Morgan fingerprint density at radius 1 is 1.13 bits per heavy atom. The third kappa shape index (κ3) is 3.13. The zero-order valence-electron chi connectivity index (χ0n) is 12.4. The van der Waals surface area contributed by atoms with Crippen molar-refractivity contribution in [1.29, 1.82) is 0 Å². The second-order valence-corrected chi connectivity index (χ2v) is 5.17. The number of nitrogens with zero attached hydrogens (tertiary/aromatic N) is 3. The van der Waals surface area contributed by atoms with Crippen LogP contribution in [0.2, 0.25) is 0 Å². The summed E-state index contributed by atoms with van der Waals surface area (Å²) in [6.45, 7) is 1.93. The minimum Gasteiger partial charge on any atom is -0.364 e. The average molecular weight is 320 g/mol. The highest BCUT2D eigenvalue weighted by Crippen LogP contribution is 2.31. The summed E-state index contributed by atoms with van der Waals surface area (Å²) in [5.41, 5.74) is 1.29. The third-order valence-electron chi connectivity index (χ3n) is 3.58. The standard InChI is InChI=1S/C16H15F3N4/c1-2-15(23-14-9-4-3-8-13(14)21-22-23)20-12-7-5-6-11(10-12)16(17,18)19/h3-10,15,20H,2H2,1H3. The van der Waals surface area contributed by atoms with Crippen molar-refractivity contribution >= 4 is 16.7 Å². The van der Waals surface area contributed by atoms with E-state index in [1.54, 1.807) is 10.7 Å². The number of aromatic nitrogens is 3. The summed E-state index contributed by atoms with van der Waals surface area (Å²) >= 11 is 0. The number of anilines is 1. The predicted molar refractivity (Wildman–Crippen MR) is 81.9 cm³/mol. The van der Waals surface area contributed by atoms with Gasteiger partial charge in [-0.3, -0.25) is 0 Å². The number of hydrogen-bond donors (Lipinski definition) is 1. The maximum absolute atomic E-state index is 12.8.